The van der Waals surface area contributed by atoms with E-state index in [0.717, 1.165) is 22.2 Å². The Hall–Kier alpha value is -2.36. The van der Waals surface area contributed by atoms with Crippen LogP contribution in [0.1, 0.15) is 16.8 Å². The monoisotopic (exact) mass is 284 g/mol. The Balaban J connectivity index is 2.20. The molecule has 4 heteroatoms. The summed E-state index contributed by atoms with van der Waals surface area (Å²) in [5, 5.41) is 1.12. The summed E-state index contributed by atoms with van der Waals surface area (Å²) in [4.78, 5) is 4.28. The standard InChI is InChI=1S/C17H17FN2O/c1-11-12(2)20(10-13-5-4-6-14(18)9-13)16-15(11)7-8-19-17(16)21-3/h4-9H,10H2,1-3H3. The minimum Gasteiger partial charge on any atom is -0.479 e. The number of aryl methyl sites for hydroxylation is 1. The molecule has 0 atom stereocenters. The molecular weight excluding hydrogens is 267 g/mol. The summed E-state index contributed by atoms with van der Waals surface area (Å²) in [6, 6.07) is 8.66. The van der Waals surface area contributed by atoms with Crippen molar-refractivity contribution in [1.82, 2.24) is 9.55 Å². The molecular formula is C17H17FN2O. The number of fused-ring (bicyclic) bond motifs is 1. The van der Waals surface area contributed by atoms with Crippen LogP contribution in [-0.4, -0.2) is 16.7 Å². The van der Waals surface area contributed by atoms with E-state index in [-0.39, 0.29) is 5.82 Å². The molecule has 2 heterocycles. The second kappa shape index (κ2) is 5.20. The number of benzene rings is 1. The largest absolute Gasteiger partial charge is 0.479 e. The zero-order valence-electron chi connectivity index (χ0n) is 12.4. The van der Waals surface area contributed by atoms with Crippen molar-refractivity contribution < 1.29 is 9.13 Å². The molecule has 0 aliphatic rings. The first kappa shape index (κ1) is 13.6. The number of pyridine rings is 1. The maximum absolute atomic E-state index is 13.4. The van der Waals surface area contributed by atoms with E-state index in [4.69, 9.17) is 4.74 Å². The van der Waals surface area contributed by atoms with Crippen LogP contribution in [0.4, 0.5) is 4.39 Å². The third kappa shape index (κ3) is 2.27. The summed E-state index contributed by atoms with van der Waals surface area (Å²) < 4.78 is 20.9. The van der Waals surface area contributed by atoms with E-state index < -0.39 is 0 Å². The van der Waals surface area contributed by atoms with Crippen LogP contribution in [0.5, 0.6) is 5.88 Å². The number of halogens is 1. The van der Waals surface area contributed by atoms with E-state index in [9.17, 15) is 4.39 Å². The fourth-order valence-electron chi connectivity index (χ4n) is 2.73. The van der Waals surface area contributed by atoms with E-state index in [1.54, 1.807) is 25.4 Å². The number of ether oxygens (including phenoxy) is 1. The zero-order valence-corrected chi connectivity index (χ0v) is 12.4. The van der Waals surface area contributed by atoms with E-state index in [2.05, 4.69) is 23.4 Å². The molecule has 3 nitrogen and oxygen atoms in total. The third-order valence-electron chi connectivity index (χ3n) is 3.94. The van der Waals surface area contributed by atoms with Gasteiger partial charge in [0.05, 0.1) is 7.11 Å². The number of methoxy groups -OCH3 is 1. The Kier molecular flexibility index (Phi) is 3.37. The van der Waals surface area contributed by atoms with Gasteiger partial charge in [-0.05, 0) is 43.2 Å². The molecule has 108 valence electrons. The van der Waals surface area contributed by atoms with Gasteiger partial charge in [0, 0.05) is 23.8 Å². The highest BCUT2D eigenvalue weighted by molar-refractivity contribution is 5.88. The summed E-state index contributed by atoms with van der Waals surface area (Å²) in [6.07, 6.45) is 1.75. The van der Waals surface area contributed by atoms with Gasteiger partial charge in [0.1, 0.15) is 11.3 Å². The Morgan fingerprint density at radius 1 is 1.24 bits per heavy atom. The van der Waals surface area contributed by atoms with Gasteiger partial charge in [-0.2, -0.15) is 0 Å². The summed E-state index contributed by atoms with van der Waals surface area (Å²) in [5.74, 6) is 0.378. The Morgan fingerprint density at radius 3 is 2.76 bits per heavy atom. The average Bonchev–Trinajstić information content (AvgIpc) is 2.73. The highest BCUT2D eigenvalue weighted by atomic mass is 19.1. The SMILES string of the molecule is COc1nccc2c(C)c(C)n(Cc3cccc(F)c3)c12. The minimum absolute atomic E-state index is 0.219. The van der Waals surface area contributed by atoms with E-state index in [0.29, 0.717) is 12.4 Å². The van der Waals surface area contributed by atoms with Crippen LogP contribution in [0.15, 0.2) is 36.5 Å². The lowest BCUT2D eigenvalue weighted by molar-refractivity contribution is 0.401. The van der Waals surface area contributed by atoms with E-state index in [1.165, 1.54) is 11.6 Å². The molecule has 0 aliphatic carbocycles. The van der Waals surface area contributed by atoms with Crippen molar-refractivity contribution in [2.75, 3.05) is 7.11 Å². The number of hydrogen-bond donors (Lipinski definition) is 0. The molecule has 0 aliphatic heterocycles. The topological polar surface area (TPSA) is 27.1 Å². The van der Waals surface area contributed by atoms with Crippen LogP contribution < -0.4 is 4.74 Å². The van der Waals surface area contributed by atoms with Crippen molar-refractivity contribution in [3.05, 3.63) is 59.2 Å². The Bertz CT molecular complexity index is 808. The van der Waals surface area contributed by atoms with Crippen molar-refractivity contribution in [3.8, 4) is 5.88 Å². The predicted molar refractivity (Wildman–Crippen MR) is 81.3 cm³/mol. The van der Waals surface area contributed by atoms with Gasteiger partial charge in [-0.1, -0.05) is 12.1 Å². The van der Waals surface area contributed by atoms with Crippen molar-refractivity contribution in [2.24, 2.45) is 0 Å². The second-order valence-corrected chi connectivity index (χ2v) is 5.14. The Labute approximate surface area is 123 Å². The first-order chi connectivity index (χ1) is 10.1. The fraction of sp³-hybridized carbons (Fsp3) is 0.235. The van der Waals surface area contributed by atoms with Crippen LogP contribution in [0.25, 0.3) is 10.9 Å². The van der Waals surface area contributed by atoms with Crippen molar-refractivity contribution in [1.29, 1.82) is 0 Å². The van der Waals surface area contributed by atoms with Crippen LogP contribution in [0.3, 0.4) is 0 Å². The van der Waals surface area contributed by atoms with Crippen molar-refractivity contribution >= 4 is 10.9 Å². The number of rotatable bonds is 3. The second-order valence-electron chi connectivity index (χ2n) is 5.14. The molecule has 0 saturated carbocycles. The number of nitrogens with zero attached hydrogens (tertiary/aromatic N) is 2. The van der Waals surface area contributed by atoms with Gasteiger partial charge in [0.25, 0.3) is 0 Å². The normalized spacial score (nSPS) is 11.0. The molecule has 2 aromatic heterocycles. The first-order valence-electron chi connectivity index (χ1n) is 6.84. The number of hydrogen-bond acceptors (Lipinski definition) is 2. The first-order valence-corrected chi connectivity index (χ1v) is 6.84. The predicted octanol–water partition coefficient (Wildman–Crippen LogP) is 3.85. The summed E-state index contributed by atoms with van der Waals surface area (Å²) in [7, 11) is 1.62. The highest BCUT2D eigenvalue weighted by Crippen LogP contribution is 2.31. The van der Waals surface area contributed by atoms with Crippen LogP contribution >= 0.6 is 0 Å². The van der Waals surface area contributed by atoms with Crippen LogP contribution in [-0.2, 0) is 6.54 Å². The quantitative estimate of drug-likeness (QED) is 0.730. The summed E-state index contributed by atoms with van der Waals surface area (Å²) in [5.41, 5.74) is 4.21. The van der Waals surface area contributed by atoms with Gasteiger partial charge in [-0.3, -0.25) is 0 Å². The van der Waals surface area contributed by atoms with Gasteiger partial charge in [-0.15, -0.1) is 0 Å². The Morgan fingerprint density at radius 2 is 2.05 bits per heavy atom. The summed E-state index contributed by atoms with van der Waals surface area (Å²) >= 11 is 0. The van der Waals surface area contributed by atoms with Crippen LogP contribution in [0.2, 0.25) is 0 Å². The van der Waals surface area contributed by atoms with Gasteiger partial charge in [-0.25, -0.2) is 9.37 Å². The molecule has 0 amide bonds. The summed E-state index contributed by atoms with van der Waals surface area (Å²) in [6.45, 7) is 4.74. The fourth-order valence-corrected chi connectivity index (χ4v) is 2.73. The van der Waals surface area contributed by atoms with Gasteiger partial charge in [0.15, 0.2) is 0 Å². The number of aromatic nitrogens is 2. The van der Waals surface area contributed by atoms with E-state index in [1.807, 2.05) is 12.1 Å². The molecule has 3 aromatic rings. The molecule has 0 saturated heterocycles. The van der Waals surface area contributed by atoms with Gasteiger partial charge >= 0.3 is 0 Å². The van der Waals surface area contributed by atoms with E-state index >= 15 is 0 Å². The highest BCUT2D eigenvalue weighted by Gasteiger charge is 2.15. The van der Waals surface area contributed by atoms with Gasteiger partial charge < -0.3 is 9.30 Å². The lowest BCUT2D eigenvalue weighted by Gasteiger charge is -2.10. The minimum atomic E-state index is -0.219. The van der Waals surface area contributed by atoms with Crippen molar-refractivity contribution in [3.63, 3.8) is 0 Å². The lowest BCUT2D eigenvalue weighted by Crippen LogP contribution is -2.03. The molecule has 0 spiro atoms. The molecule has 0 N–H and O–H groups in total. The molecule has 0 unspecified atom stereocenters. The average molecular weight is 284 g/mol. The lowest BCUT2D eigenvalue weighted by atomic mass is 10.2. The third-order valence-corrected chi connectivity index (χ3v) is 3.94. The molecule has 1 aromatic carbocycles. The van der Waals surface area contributed by atoms with Crippen LogP contribution in [0, 0.1) is 19.7 Å². The van der Waals surface area contributed by atoms with Gasteiger partial charge in [0.2, 0.25) is 5.88 Å². The molecule has 0 fully saturated rings. The zero-order chi connectivity index (χ0) is 15.0. The molecule has 0 bridgehead atoms. The molecule has 21 heavy (non-hydrogen) atoms. The maximum Gasteiger partial charge on any atom is 0.238 e. The molecule has 0 radical (unpaired) electrons. The van der Waals surface area contributed by atoms with Crippen molar-refractivity contribution in [2.45, 2.75) is 20.4 Å². The molecule has 3 rings (SSSR count). The smallest absolute Gasteiger partial charge is 0.238 e. The maximum atomic E-state index is 13.4.